The van der Waals surface area contributed by atoms with E-state index in [-0.39, 0.29) is 12.0 Å². The number of carbonyl (C=O) groups is 1. The standard InChI is InChI=1S/C18H19N5O2S/c1-22(2)18(24)16-15(12-4-3-6-20-17(12)26-16)13-10-23(8-9-25-13)14-5-7-19-11-21-14/h3-7,11,13H,8-10H2,1-2H3. The minimum absolute atomic E-state index is 0.0224. The summed E-state index contributed by atoms with van der Waals surface area (Å²) in [4.78, 5) is 30.8. The molecule has 4 heterocycles. The molecule has 1 fully saturated rings. The van der Waals surface area contributed by atoms with Gasteiger partial charge in [0.15, 0.2) is 0 Å². The summed E-state index contributed by atoms with van der Waals surface area (Å²) in [5, 5.41) is 0.984. The van der Waals surface area contributed by atoms with Gasteiger partial charge in [-0.2, -0.15) is 0 Å². The number of amides is 1. The molecule has 1 atom stereocenters. The molecule has 1 unspecified atom stereocenters. The van der Waals surface area contributed by atoms with Crippen molar-refractivity contribution >= 4 is 33.3 Å². The van der Waals surface area contributed by atoms with Gasteiger partial charge in [0.25, 0.3) is 5.91 Å². The van der Waals surface area contributed by atoms with Gasteiger partial charge in [0, 0.05) is 50.5 Å². The molecule has 1 saturated heterocycles. The van der Waals surface area contributed by atoms with E-state index in [1.807, 2.05) is 18.2 Å². The number of thiophene rings is 1. The van der Waals surface area contributed by atoms with Crippen LogP contribution in [0.4, 0.5) is 5.82 Å². The zero-order valence-electron chi connectivity index (χ0n) is 14.6. The van der Waals surface area contributed by atoms with Crippen LogP contribution in [0.2, 0.25) is 0 Å². The summed E-state index contributed by atoms with van der Waals surface area (Å²) in [5.74, 6) is 0.845. The summed E-state index contributed by atoms with van der Waals surface area (Å²) in [7, 11) is 3.53. The lowest BCUT2D eigenvalue weighted by Gasteiger charge is -2.34. The number of morpholine rings is 1. The summed E-state index contributed by atoms with van der Waals surface area (Å²) < 4.78 is 6.08. The van der Waals surface area contributed by atoms with Crippen LogP contribution < -0.4 is 4.90 Å². The summed E-state index contributed by atoms with van der Waals surface area (Å²) in [5.41, 5.74) is 0.926. The highest BCUT2D eigenvalue weighted by Crippen LogP contribution is 2.38. The first-order valence-electron chi connectivity index (χ1n) is 8.37. The fourth-order valence-electron chi connectivity index (χ4n) is 3.14. The number of rotatable bonds is 3. The van der Waals surface area contributed by atoms with Crippen molar-refractivity contribution in [2.75, 3.05) is 38.7 Å². The van der Waals surface area contributed by atoms with Gasteiger partial charge in [0.1, 0.15) is 28.0 Å². The van der Waals surface area contributed by atoms with Gasteiger partial charge in [-0.1, -0.05) is 6.07 Å². The van der Waals surface area contributed by atoms with E-state index >= 15 is 0 Å². The predicted molar refractivity (Wildman–Crippen MR) is 101 cm³/mol. The smallest absolute Gasteiger partial charge is 0.263 e. The third-order valence-corrected chi connectivity index (χ3v) is 5.50. The number of anilines is 1. The monoisotopic (exact) mass is 369 g/mol. The molecule has 3 aromatic heterocycles. The Morgan fingerprint density at radius 3 is 2.96 bits per heavy atom. The van der Waals surface area contributed by atoms with Crippen LogP contribution in [-0.4, -0.2) is 59.6 Å². The van der Waals surface area contributed by atoms with E-state index in [2.05, 4.69) is 19.9 Å². The second-order valence-electron chi connectivity index (χ2n) is 6.27. The second-order valence-corrected chi connectivity index (χ2v) is 7.27. The Hall–Kier alpha value is -2.58. The van der Waals surface area contributed by atoms with E-state index in [4.69, 9.17) is 4.74 Å². The molecule has 134 valence electrons. The van der Waals surface area contributed by atoms with Crippen molar-refractivity contribution in [2.45, 2.75) is 6.10 Å². The number of carbonyl (C=O) groups excluding carboxylic acids is 1. The van der Waals surface area contributed by atoms with Gasteiger partial charge in [0.05, 0.1) is 6.61 Å². The fraction of sp³-hybridized carbons (Fsp3) is 0.333. The highest BCUT2D eigenvalue weighted by Gasteiger charge is 2.31. The van der Waals surface area contributed by atoms with Gasteiger partial charge in [-0.05, 0) is 12.1 Å². The highest BCUT2D eigenvalue weighted by atomic mass is 32.1. The topological polar surface area (TPSA) is 71.5 Å². The minimum Gasteiger partial charge on any atom is -0.370 e. The number of nitrogens with zero attached hydrogens (tertiary/aromatic N) is 5. The molecule has 0 spiro atoms. The maximum Gasteiger partial charge on any atom is 0.263 e. The van der Waals surface area contributed by atoms with Crippen molar-refractivity contribution in [2.24, 2.45) is 0 Å². The number of hydrogen-bond donors (Lipinski definition) is 0. The van der Waals surface area contributed by atoms with Crippen LogP contribution in [0.3, 0.4) is 0 Å². The summed E-state index contributed by atoms with van der Waals surface area (Å²) in [6, 6.07) is 5.79. The average molecular weight is 369 g/mol. The Kier molecular flexibility index (Phi) is 4.52. The van der Waals surface area contributed by atoms with Crippen LogP contribution in [0.15, 0.2) is 36.9 Å². The van der Waals surface area contributed by atoms with Crippen LogP contribution in [0.5, 0.6) is 0 Å². The van der Waals surface area contributed by atoms with E-state index in [0.717, 1.165) is 28.1 Å². The molecule has 7 nitrogen and oxygen atoms in total. The molecule has 0 bridgehead atoms. The predicted octanol–water partition coefficient (Wildman–Crippen LogP) is 2.37. The number of ether oxygens (including phenoxy) is 1. The van der Waals surface area contributed by atoms with Crippen molar-refractivity contribution in [1.29, 1.82) is 0 Å². The highest BCUT2D eigenvalue weighted by molar-refractivity contribution is 7.20. The fourth-order valence-corrected chi connectivity index (χ4v) is 4.35. The molecule has 1 aliphatic heterocycles. The largest absolute Gasteiger partial charge is 0.370 e. The molecule has 1 amide bonds. The van der Waals surface area contributed by atoms with Crippen molar-refractivity contribution < 1.29 is 9.53 Å². The molecule has 26 heavy (non-hydrogen) atoms. The van der Waals surface area contributed by atoms with Crippen LogP contribution in [0, 0.1) is 0 Å². The van der Waals surface area contributed by atoms with Crippen LogP contribution in [-0.2, 0) is 4.74 Å². The van der Waals surface area contributed by atoms with Gasteiger partial charge in [-0.3, -0.25) is 4.79 Å². The maximum atomic E-state index is 12.7. The van der Waals surface area contributed by atoms with Gasteiger partial charge in [-0.25, -0.2) is 15.0 Å². The van der Waals surface area contributed by atoms with Crippen LogP contribution in [0.25, 0.3) is 10.2 Å². The first-order valence-corrected chi connectivity index (χ1v) is 9.18. The quantitative estimate of drug-likeness (QED) is 0.706. The molecule has 4 rings (SSSR count). The van der Waals surface area contributed by atoms with E-state index < -0.39 is 0 Å². The lowest BCUT2D eigenvalue weighted by Crippen LogP contribution is -2.39. The van der Waals surface area contributed by atoms with Gasteiger partial charge < -0.3 is 14.5 Å². The Morgan fingerprint density at radius 2 is 2.19 bits per heavy atom. The average Bonchev–Trinajstić information content (AvgIpc) is 3.07. The van der Waals surface area contributed by atoms with E-state index in [1.54, 1.807) is 37.7 Å². The summed E-state index contributed by atoms with van der Waals surface area (Å²) >= 11 is 1.42. The number of hydrogen-bond acceptors (Lipinski definition) is 7. The zero-order chi connectivity index (χ0) is 18.1. The Bertz CT molecular complexity index is 928. The lowest BCUT2D eigenvalue weighted by molar-refractivity contribution is 0.0396. The normalized spacial score (nSPS) is 17.5. The molecule has 0 aromatic carbocycles. The van der Waals surface area contributed by atoms with E-state index in [1.165, 1.54) is 11.3 Å². The molecular weight excluding hydrogens is 350 g/mol. The van der Waals surface area contributed by atoms with Crippen LogP contribution in [0.1, 0.15) is 21.3 Å². The van der Waals surface area contributed by atoms with Crippen molar-refractivity contribution in [3.05, 3.63) is 47.4 Å². The van der Waals surface area contributed by atoms with E-state index in [0.29, 0.717) is 18.0 Å². The van der Waals surface area contributed by atoms with Gasteiger partial charge in [0.2, 0.25) is 0 Å². The molecule has 0 saturated carbocycles. The Balaban J connectivity index is 1.75. The third kappa shape index (κ3) is 3.02. The molecule has 0 aliphatic carbocycles. The second kappa shape index (κ2) is 6.97. The van der Waals surface area contributed by atoms with Gasteiger partial charge in [-0.15, -0.1) is 11.3 Å². The summed E-state index contributed by atoms with van der Waals surface area (Å²) in [6.07, 6.45) is 4.82. The number of aromatic nitrogens is 3. The third-order valence-electron chi connectivity index (χ3n) is 4.38. The molecular formula is C18H19N5O2S. The zero-order valence-corrected chi connectivity index (χ0v) is 15.4. The van der Waals surface area contributed by atoms with Crippen molar-refractivity contribution in [3.63, 3.8) is 0 Å². The van der Waals surface area contributed by atoms with Crippen LogP contribution >= 0.6 is 11.3 Å². The van der Waals surface area contributed by atoms with Crippen molar-refractivity contribution in [3.8, 4) is 0 Å². The first-order chi connectivity index (χ1) is 12.6. The maximum absolute atomic E-state index is 12.7. The Morgan fingerprint density at radius 1 is 1.31 bits per heavy atom. The minimum atomic E-state index is -0.212. The van der Waals surface area contributed by atoms with E-state index in [9.17, 15) is 4.79 Å². The summed E-state index contributed by atoms with van der Waals surface area (Å²) in [6.45, 7) is 1.96. The molecule has 0 N–H and O–H groups in total. The molecule has 1 aliphatic rings. The molecule has 8 heteroatoms. The number of pyridine rings is 1. The first kappa shape index (κ1) is 16.9. The van der Waals surface area contributed by atoms with Crippen molar-refractivity contribution in [1.82, 2.24) is 19.9 Å². The molecule has 0 radical (unpaired) electrons. The lowest BCUT2D eigenvalue weighted by atomic mass is 10.0. The SMILES string of the molecule is CN(C)C(=O)c1sc2ncccc2c1C1CN(c2ccncn2)CCO1. The number of fused-ring (bicyclic) bond motifs is 1. The Labute approximate surface area is 155 Å². The molecule has 3 aromatic rings. The van der Waals surface area contributed by atoms with Gasteiger partial charge >= 0.3 is 0 Å².